The van der Waals surface area contributed by atoms with E-state index in [1.165, 1.54) is 10.9 Å². The van der Waals surface area contributed by atoms with Crippen molar-refractivity contribution in [2.24, 2.45) is 0 Å². The van der Waals surface area contributed by atoms with Crippen molar-refractivity contribution >= 4 is 22.6 Å². The number of fused-ring (bicyclic) bond motifs is 3. The Morgan fingerprint density at radius 3 is 3.04 bits per heavy atom. The van der Waals surface area contributed by atoms with E-state index in [9.17, 15) is 4.79 Å². The second-order valence-electron chi connectivity index (χ2n) is 6.40. The summed E-state index contributed by atoms with van der Waals surface area (Å²) >= 11 is 0. The normalized spacial score (nSPS) is 16.4. The molecule has 134 valence electrons. The molecule has 3 heterocycles. The number of nitrogens with one attached hydrogen (secondary N) is 2. The van der Waals surface area contributed by atoms with Crippen LogP contribution in [0.5, 0.6) is 5.88 Å². The van der Waals surface area contributed by atoms with Gasteiger partial charge in [-0.05, 0) is 44.0 Å². The summed E-state index contributed by atoms with van der Waals surface area (Å²) in [4.78, 5) is 22.4. The second-order valence-corrected chi connectivity index (χ2v) is 6.40. The minimum atomic E-state index is -0.143. The van der Waals surface area contributed by atoms with Gasteiger partial charge in [0, 0.05) is 29.3 Å². The fourth-order valence-corrected chi connectivity index (χ4v) is 3.63. The standard InChI is InChI=1S/C20H22N4O2/c1-3-26-19-17(9-6-11-21-19)23-20(25)24-12-10-15-14-7-4-5-8-16(14)22-18(15)13(24)2/h4-9,11,13,22H,3,10,12H2,1-2H3,(H,23,25)/t13-/m1/s1. The highest BCUT2D eigenvalue weighted by Gasteiger charge is 2.30. The summed E-state index contributed by atoms with van der Waals surface area (Å²) in [6.45, 7) is 5.12. The smallest absolute Gasteiger partial charge is 0.322 e. The molecule has 6 heteroatoms. The predicted octanol–water partition coefficient (Wildman–Crippen LogP) is 4.11. The van der Waals surface area contributed by atoms with Gasteiger partial charge in [0.15, 0.2) is 0 Å². The number of hydrogen-bond donors (Lipinski definition) is 2. The van der Waals surface area contributed by atoms with Crippen molar-refractivity contribution in [1.29, 1.82) is 0 Å². The average Bonchev–Trinajstić information content (AvgIpc) is 3.03. The number of nitrogens with zero attached hydrogens (tertiary/aromatic N) is 2. The second kappa shape index (κ2) is 6.71. The summed E-state index contributed by atoms with van der Waals surface area (Å²) in [6.07, 6.45) is 2.49. The molecular weight excluding hydrogens is 328 g/mol. The Labute approximate surface area is 152 Å². The molecule has 6 nitrogen and oxygen atoms in total. The highest BCUT2D eigenvalue weighted by atomic mass is 16.5. The number of carbonyl (C=O) groups excluding carboxylic acids is 1. The van der Waals surface area contributed by atoms with E-state index < -0.39 is 0 Å². The summed E-state index contributed by atoms with van der Waals surface area (Å²) < 4.78 is 5.50. The summed E-state index contributed by atoms with van der Waals surface area (Å²) in [5, 5.41) is 4.20. The van der Waals surface area contributed by atoms with Gasteiger partial charge in [-0.25, -0.2) is 9.78 Å². The van der Waals surface area contributed by atoms with E-state index in [1.807, 2.05) is 17.9 Å². The molecule has 1 aliphatic rings. The van der Waals surface area contributed by atoms with Crippen molar-refractivity contribution < 1.29 is 9.53 Å². The van der Waals surface area contributed by atoms with E-state index in [4.69, 9.17) is 4.74 Å². The van der Waals surface area contributed by atoms with Gasteiger partial charge in [0.05, 0.1) is 12.6 Å². The Balaban J connectivity index is 1.58. The van der Waals surface area contributed by atoms with Gasteiger partial charge in [0.1, 0.15) is 5.69 Å². The van der Waals surface area contributed by atoms with E-state index in [0.717, 1.165) is 17.6 Å². The van der Waals surface area contributed by atoms with Crippen molar-refractivity contribution in [2.45, 2.75) is 26.3 Å². The van der Waals surface area contributed by atoms with Crippen LogP contribution in [0.15, 0.2) is 42.6 Å². The minimum Gasteiger partial charge on any atom is -0.476 e. The summed E-state index contributed by atoms with van der Waals surface area (Å²) in [5.41, 5.74) is 4.14. The van der Waals surface area contributed by atoms with Crippen molar-refractivity contribution in [2.75, 3.05) is 18.5 Å². The fraction of sp³-hybridized carbons (Fsp3) is 0.300. The molecule has 1 atom stereocenters. The highest BCUT2D eigenvalue weighted by Crippen LogP contribution is 2.34. The molecule has 0 fully saturated rings. The van der Waals surface area contributed by atoms with Gasteiger partial charge < -0.3 is 19.9 Å². The Hall–Kier alpha value is -3.02. The molecule has 3 aromatic rings. The number of ether oxygens (including phenoxy) is 1. The van der Waals surface area contributed by atoms with Gasteiger partial charge in [-0.15, -0.1) is 0 Å². The van der Waals surface area contributed by atoms with E-state index in [-0.39, 0.29) is 12.1 Å². The lowest BCUT2D eigenvalue weighted by atomic mass is 9.98. The van der Waals surface area contributed by atoms with Crippen LogP contribution in [-0.2, 0) is 6.42 Å². The lowest BCUT2D eigenvalue weighted by molar-refractivity contribution is 0.187. The van der Waals surface area contributed by atoms with Gasteiger partial charge in [-0.1, -0.05) is 18.2 Å². The van der Waals surface area contributed by atoms with E-state index in [0.29, 0.717) is 24.7 Å². The van der Waals surface area contributed by atoms with Gasteiger partial charge in [0.2, 0.25) is 5.88 Å². The van der Waals surface area contributed by atoms with Crippen LogP contribution in [0.2, 0.25) is 0 Å². The number of urea groups is 1. The van der Waals surface area contributed by atoms with Crippen LogP contribution in [0.25, 0.3) is 10.9 Å². The number of rotatable bonds is 3. The Kier molecular flexibility index (Phi) is 4.24. The van der Waals surface area contributed by atoms with E-state index in [2.05, 4.69) is 40.4 Å². The summed E-state index contributed by atoms with van der Waals surface area (Å²) in [5.74, 6) is 0.444. The zero-order valence-electron chi connectivity index (χ0n) is 15.0. The van der Waals surface area contributed by atoms with Crippen molar-refractivity contribution in [3.63, 3.8) is 0 Å². The zero-order chi connectivity index (χ0) is 18.1. The quantitative estimate of drug-likeness (QED) is 0.747. The van der Waals surface area contributed by atoms with Crippen LogP contribution < -0.4 is 10.1 Å². The maximum absolute atomic E-state index is 12.9. The third-order valence-electron chi connectivity index (χ3n) is 4.89. The molecule has 2 amide bonds. The molecule has 0 unspecified atom stereocenters. The molecular formula is C20H22N4O2. The molecule has 26 heavy (non-hydrogen) atoms. The van der Waals surface area contributed by atoms with Crippen LogP contribution in [0.1, 0.15) is 31.1 Å². The first-order valence-corrected chi connectivity index (χ1v) is 8.94. The number of carbonyl (C=O) groups is 1. The number of H-pyrrole nitrogens is 1. The molecule has 0 spiro atoms. The molecule has 0 saturated carbocycles. The lowest BCUT2D eigenvalue weighted by Gasteiger charge is -2.33. The molecule has 0 saturated heterocycles. The maximum Gasteiger partial charge on any atom is 0.322 e. The van der Waals surface area contributed by atoms with Crippen LogP contribution in [0.3, 0.4) is 0 Å². The number of hydrogen-bond acceptors (Lipinski definition) is 3. The number of anilines is 1. The first-order valence-electron chi connectivity index (χ1n) is 8.94. The van der Waals surface area contributed by atoms with Crippen LogP contribution in [0.4, 0.5) is 10.5 Å². The number of para-hydroxylation sites is 1. The van der Waals surface area contributed by atoms with Crippen molar-refractivity contribution in [3.8, 4) is 5.88 Å². The van der Waals surface area contributed by atoms with Crippen molar-refractivity contribution in [3.05, 3.63) is 53.9 Å². The van der Waals surface area contributed by atoms with Gasteiger partial charge in [-0.3, -0.25) is 0 Å². The van der Waals surface area contributed by atoms with Crippen LogP contribution >= 0.6 is 0 Å². The number of aromatic nitrogens is 2. The topological polar surface area (TPSA) is 70.2 Å². The van der Waals surface area contributed by atoms with Gasteiger partial charge in [-0.2, -0.15) is 0 Å². The van der Waals surface area contributed by atoms with E-state index >= 15 is 0 Å². The molecule has 4 rings (SSSR count). The number of amides is 2. The first kappa shape index (κ1) is 16.4. The molecule has 1 aromatic carbocycles. The monoisotopic (exact) mass is 350 g/mol. The van der Waals surface area contributed by atoms with Crippen molar-refractivity contribution in [1.82, 2.24) is 14.9 Å². The number of aromatic amines is 1. The van der Waals surface area contributed by atoms with E-state index in [1.54, 1.807) is 18.3 Å². The van der Waals surface area contributed by atoms with Crippen LogP contribution in [-0.4, -0.2) is 34.1 Å². The summed E-state index contributed by atoms with van der Waals surface area (Å²) in [6, 6.07) is 11.7. The average molecular weight is 350 g/mol. The SMILES string of the molecule is CCOc1ncccc1NC(=O)N1CCc2c([nH]c3ccccc23)[C@H]1C. The third kappa shape index (κ3) is 2.77. The molecule has 0 aliphatic carbocycles. The zero-order valence-corrected chi connectivity index (χ0v) is 15.0. The molecule has 0 bridgehead atoms. The van der Waals surface area contributed by atoms with Crippen LogP contribution in [0, 0.1) is 0 Å². The Bertz CT molecular complexity index is 950. The molecule has 0 radical (unpaired) electrons. The number of pyridine rings is 1. The first-order chi connectivity index (χ1) is 12.7. The highest BCUT2D eigenvalue weighted by molar-refractivity contribution is 5.92. The van der Waals surface area contributed by atoms with Gasteiger partial charge in [0.25, 0.3) is 0 Å². The maximum atomic E-state index is 12.9. The third-order valence-corrected chi connectivity index (χ3v) is 4.89. The Morgan fingerprint density at radius 1 is 1.35 bits per heavy atom. The molecule has 2 N–H and O–H groups in total. The predicted molar refractivity (Wildman–Crippen MR) is 102 cm³/mol. The molecule has 2 aromatic heterocycles. The largest absolute Gasteiger partial charge is 0.476 e. The Morgan fingerprint density at radius 2 is 2.19 bits per heavy atom. The lowest BCUT2D eigenvalue weighted by Crippen LogP contribution is -2.41. The number of benzene rings is 1. The van der Waals surface area contributed by atoms with Gasteiger partial charge >= 0.3 is 6.03 Å². The summed E-state index contributed by atoms with van der Waals surface area (Å²) in [7, 11) is 0. The fourth-order valence-electron chi connectivity index (χ4n) is 3.63. The minimum absolute atomic E-state index is 0.0293. The molecule has 1 aliphatic heterocycles.